The van der Waals surface area contributed by atoms with Crippen LogP contribution in [0.2, 0.25) is 0 Å². The van der Waals surface area contributed by atoms with Crippen molar-refractivity contribution in [2.24, 2.45) is 5.92 Å². The minimum atomic E-state index is 0.152. The molecule has 5 heteroatoms. The lowest BCUT2D eigenvalue weighted by Gasteiger charge is -2.32. The van der Waals surface area contributed by atoms with Gasteiger partial charge in [-0.25, -0.2) is 0 Å². The first kappa shape index (κ1) is 19.8. The summed E-state index contributed by atoms with van der Waals surface area (Å²) in [6.07, 6.45) is 9.90. The average Bonchev–Trinajstić information content (AvgIpc) is 3.22. The fourth-order valence-electron chi connectivity index (χ4n) is 4.75. The molecule has 0 spiro atoms. The Balaban J connectivity index is 1.50. The number of hydrogen-bond donors (Lipinski definition) is 1. The number of aromatic nitrogens is 1. The van der Waals surface area contributed by atoms with Crippen LogP contribution in [-0.4, -0.2) is 41.3 Å². The Morgan fingerprint density at radius 3 is 2.68 bits per heavy atom. The van der Waals surface area contributed by atoms with Crippen LogP contribution in [0.4, 0.5) is 5.69 Å². The molecule has 2 fully saturated rings. The van der Waals surface area contributed by atoms with Gasteiger partial charge in [-0.05, 0) is 75.7 Å². The summed E-state index contributed by atoms with van der Waals surface area (Å²) in [5.41, 5.74) is 2.63. The van der Waals surface area contributed by atoms with Crippen molar-refractivity contribution in [2.45, 2.75) is 57.9 Å². The molecular formula is C23H30BrN3O. The highest BCUT2D eigenvalue weighted by Crippen LogP contribution is 2.33. The van der Waals surface area contributed by atoms with E-state index in [1.807, 2.05) is 19.1 Å². The molecule has 1 N–H and O–H groups in total. The Hall–Kier alpha value is -1.46. The van der Waals surface area contributed by atoms with Gasteiger partial charge in [-0.1, -0.05) is 22.9 Å². The van der Waals surface area contributed by atoms with E-state index >= 15 is 0 Å². The molecule has 0 amide bonds. The van der Waals surface area contributed by atoms with E-state index in [0.717, 1.165) is 32.5 Å². The number of benzene rings is 1. The molecule has 4 nitrogen and oxygen atoms in total. The number of carbonyl (C=O) groups excluding carboxylic acids is 1. The number of anilines is 1. The highest BCUT2D eigenvalue weighted by atomic mass is 79.9. The van der Waals surface area contributed by atoms with Crippen molar-refractivity contribution in [2.75, 3.05) is 25.0 Å². The second-order valence-electron chi connectivity index (χ2n) is 8.35. The van der Waals surface area contributed by atoms with Crippen LogP contribution in [0.15, 0.2) is 28.9 Å². The number of hydrogen-bond acceptors (Lipinski definition) is 4. The molecule has 28 heavy (non-hydrogen) atoms. The summed E-state index contributed by atoms with van der Waals surface area (Å²) in [6, 6.07) is 6.53. The van der Waals surface area contributed by atoms with Crippen molar-refractivity contribution >= 4 is 38.3 Å². The van der Waals surface area contributed by atoms with E-state index in [9.17, 15) is 4.79 Å². The fourth-order valence-corrected chi connectivity index (χ4v) is 5.11. The smallest absolute Gasteiger partial charge is 0.166 e. The third kappa shape index (κ3) is 4.41. The van der Waals surface area contributed by atoms with Crippen LogP contribution < -0.4 is 5.32 Å². The largest absolute Gasteiger partial charge is 0.381 e. The Morgan fingerprint density at radius 1 is 1.21 bits per heavy atom. The molecule has 1 aliphatic carbocycles. The van der Waals surface area contributed by atoms with Crippen LogP contribution in [0.5, 0.6) is 0 Å². The van der Waals surface area contributed by atoms with E-state index in [4.69, 9.17) is 0 Å². The number of rotatable bonds is 6. The Labute approximate surface area is 176 Å². The molecule has 1 saturated carbocycles. The van der Waals surface area contributed by atoms with Crippen LogP contribution >= 0.6 is 15.9 Å². The maximum absolute atomic E-state index is 12.6. The molecule has 2 heterocycles. The molecule has 0 atom stereocenters. The van der Waals surface area contributed by atoms with Gasteiger partial charge in [0.25, 0.3) is 0 Å². The van der Waals surface area contributed by atoms with Crippen LogP contribution in [0, 0.1) is 5.92 Å². The topological polar surface area (TPSA) is 45.2 Å². The molecule has 150 valence electrons. The van der Waals surface area contributed by atoms with E-state index in [-0.39, 0.29) is 5.78 Å². The standard InChI is InChI=1S/C23H30BrN3O/c1-2-22(28)20-14-25-21-10-7-17(24)13-19(21)23(20)26-18-8-5-16(6-9-18)15-27-11-3-4-12-27/h7,10,13-14,16,18H,2-6,8-9,11-12,15H2,1H3,(H,25,26)/t16-,18-. The van der Waals surface area contributed by atoms with Crippen molar-refractivity contribution in [3.05, 3.63) is 34.4 Å². The number of fused-ring (bicyclic) bond motifs is 1. The lowest BCUT2D eigenvalue weighted by molar-refractivity contribution is 0.0988. The summed E-state index contributed by atoms with van der Waals surface area (Å²) in [5, 5.41) is 4.79. The van der Waals surface area contributed by atoms with Crippen LogP contribution in [-0.2, 0) is 0 Å². The zero-order chi connectivity index (χ0) is 19.5. The molecule has 0 bridgehead atoms. The van der Waals surface area contributed by atoms with E-state index in [0.29, 0.717) is 12.5 Å². The summed E-state index contributed by atoms with van der Waals surface area (Å²) >= 11 is 3.57. The van der Waals surface area contributed by atoms with Crippen molar-refractivity contribution < 1.29 is 4.79 Å². The fraction of sp³-hybridized carbons (Fsp3) is 0.565. The minimum absolute atomic E-state index is 0.152. The van der Waals surface area contributed by atoms with Crippen molar-refractivity contribution in [1.82, 2.24) is 9.88 Å². The first-order valence-corrected chi connectivity index (χ1v) is 11.5. The highest BCUT2D eigenvalue weighted by molar-refractivity contribution is 9.10. The molecule has 4 rings (SSSR count). The highest BCUT2D eigenvalue weighted by Gasteiger charge is 2.25. The van der Waals surface area contributed by atoms with Gasteiger partial charge in [-0.2, -0.15) is 0 Å². The van der Waals surface area contributed by atoms with E-state index in [1.54, 1.807) is 6.20 Å². The van der Waals surface area contributed by atoms with Crippen LogP contribution in [0.1, 0.15) is 62.2 Å². The Morgan fingerprint density at radius 2 is 1.96 bits per heavy atom. The number of halogens is 1. The quantitative estimate of drug-likeness (QED) is 0.585. The molecule has 0 radical (unpaired) electrons. The number of nitrogens with zero attached hydrogens (tertiary/aromatic N) is 2. The first-order chi connectivity index (χ1) is 13.6. The number of Topliss-reactive ketones (excluding diaryl/α,β-unsaturated/α-hetero) is 1. The van der Waals surface area contributed by atoms with Crippen LogP contribution in [0.3, 0.4) is 0 Å². The SMILES string of the molecule is CCC(=O)c1cnc2ccc(Br)cc2c1N[C@H]1CC[C@H](CN2CCCC2)CC1. The summed E-state index contributed by atoms with van der Waals surface area (Å²) in [7, 11) is 0. The summed E-state index contributed by atoms with van der Waals surface area (Å²) in [6.45, 7) is 5.77. The molecule has 2 aliphatic rings. The minimum Gasteiger partial charge on any atom is -0.381 e. The number of ketones is 1. The maximum Gasteiger partial charge on any atom is 0.166 e. The first-order valence-electron chi connectivity index (χ1n) is 10.7. The lowest BCUT2D eigenvalue weighted by Crippen LogP contribution is -2.33. The van der Waals surface area contributed by atoms with E-state index in [2.05, 4.69) is 37.2 Å². The molecule has 0 unspecified atom stereocenters. The number of pyridine rings is 1. The van der Waals surface area contributed by atoms with Crippen molar-refractivity contribution in [3.8, 4) is 0 Å². The van der Waals surface area contributed by atoms with Gasteiger partial charge >= 0.3 is 0 Å². The third-order valence-electron chi connectivity index (χ3n) is 6.36. The molecule has 2 aromatic rings. The van der Waals surface area contributed by atoms with E-state index < -0.39 is 0 Å². The number of nitrogens with one attached hydrogen (secondary N) is 1. The summed E-state index contributed by atoms with van der Waals surface area (Å²) in [5.74, 6) is 0.982. The normalized spacial score (nSPS) is 23.2. The van der Waals surface area contributed by atoms with Gasteiger partial charge in [-0.15, -0.1) is 0 Å². The van der Waals surface area contributed by atoms with Gasteiger partial charge in [0.15, 0.2) is 5.78 Å². The van der Waals surface area contributed by atoms with Gasteiger partial charge in [0.1, 0.15) is 0 Å². The second kappa shape index (κ2) is 8.91. The summed E-state index contributed by atoms with van der Waals surface area (Å²) in [4.78, 5) is 19.7. The van der Waals surface area contributed by atoms with Gasteiger partial charge in [0, 0.05) is 35.1 Å². The number of likely N-dealkylation sites (tertiary alicyclic amines) is 1. The molecule has 1 aliphatic heterocycles. The van der Waals surface area contributed by atoms with Crippen molar-refractivity contribution in [1.29, 1.82) is 0 Å². The van der Waals surface area contributed by atoms with Gasteiger partial charge in [0.2, 0.25) is 0 Å². The monoisotopic (exact) mass is 443 g/mol. The lowest BCUT2D eigenvalue weighted by atomic mass is 9.85. The zero-order valence-corrected chi connectivity index (χ0v) is 18.3. The van der Waals surface area contributed by atoms with E-state index in [1.165, 1.54) is 58.2 Å². The molecule has 1 saturated heterocycles. The number of carbonyl (C=O) groups is 1. The maximum atomic E-state index is 12.6. The van der Waals surface area contributed by atoms with Gasteiger partial charge in [0.05, 0.1) is 16.8 Å². The Bertz CT molecular complexity index is 839. The van der Waals surface area contributed by atoms with Crippen LogP contribution in [0.25, 0.3) is 10.9 Å². The summed E-state index contributed by atoms with van der Waals surface area (Å²) < 4.78 is 1.01. The van der Waals surface area contributed by atoms with Gasteiger partial charge < -0.3 is 10.2 Å². The van der Waals surface area contributed by atoms with Gasteiger partial charge in [-0.3, -0.25) is 9.78 Å². The molecule has 1 aromatic carbocycles. The predicted octanol–water partition coefficient (Wildman–Crippen LogP) is 5.66. The Kier molecular flexibility index (Phi) is 6.32. The van der Waals surface area contributed by atoms with Crippen molar-refractivity contribution in [3.63, 3.8) is 0 Å². The molecule has 1 aromatic heterocycles. The second-order valence-corrected chi connectivity index (χ2v) is 9.27. The zero-order valence-electron chi connectivity index (χ0n) is 16.7. The third-order valence-corrected chi connectivity index (χ3v) is 6.86. The average molecular weight is 444 g/mol. The molecular weight excluding hydrogens is 414 g/mol. The predicted molar refractivity (Wildman–Crippen MR) is 119 cm³/mol.